The molecule has 0 amide bonds. The summed E-state index contributed by atoms with van der Waals surface area (Å²) in [5.41, 5.74) is 6.35. The van der Waals surface area contributed by atoms with E-state index >= 15 is 0 Å². The molecule has 1 fully saturated rings. The summed E-state index contributed by atoms with van der Waals surface area (Å²) in [6, 6.07) is 7.45. The van der Waals surface area contributed by atoms with Crippen molar-refractivity contribution in [1.29, 1.82) is 0 Å². The molecule has 1 heterocycles. The zero-order chi connectivity index (χ0) is 11.2. The van der Waals surface area contributed by atoms with Crippen LogP contribution in [0, 0.1) is 0 Å². The molecule has 2 rings (SSSR count). The lowest BCUT2D eigenvalue weighted by Crippen LogP contribution is -2.39. The Balaban J connectivity index is 1.69. The number of ether oxygens (including phenoxy) is 2. The summed E-state index contributed by atoms with van der Waals surface area (Å²) in [4.78, 5) is 0. The summed E-state index contributed by atoms with van der Waals surface area (Å²) < 4.78 is 11.2. The van der Waals surface area contributed by atoms with E-state index < -0.39 is 0 Å². The van der Waals surface area contributed by atoms with Crippen LogP contribution in [-0.2, 0) is 4.74 Å². The van der Waals surface area contributed by atoms with E-state index in [1.54, 1.807) is 0 Å². The van der Waals surface area contributed by atoms with E-state index in [2.05, 4.69) is 5.32 Å². The van der Waals surface area contributed by atoms with Gasteiger partial charge in [-0.15, -0.1) is 0 Å². The number of morpholine rings is 1. The van der Waals surface area contributed by atoms with Crippen molar-refractivity contribution in [3.8, 4) is 5.75 Å². The van der Waals surface area contributed by atoms with E-state index in [1.165, 1.54) is 0 Å². The average molecular weight is 222 g/mol. The Morgan fingerprint density at radius 2 is 2.19 bits per heavy atom. The molecule has 88 valence electrons. The van der Waals surface area contributed by atoms with Gasteiger partial charge in [0.25, 0.3) is 0 Å². The first kappa shape index (κ1) is 11.2. The van der Waals surface area contributed by atoms with Crippen molar-refractivity contribution in [1.82, 2.24) is 5.32 Å². The summed E-state index contributed by atoms with van der Waals surface area (Å²) >= 11 is 0. The lowest BCUT2D eigenvalue weighted by molar-refractivity contribution is 0.0159. The van der Waals surface area contributed by atoms with Gasteiger partial charge in [0.1, 0.15) is 5.75 Å². The molecule has 1 saturated heterocycles. The molecule has 4 heteroatoms. The van der Waals surface area contributed by atoms with Crippen LogP contribution in [0.5, 0.6) is 5.75 Å². The quantitative estimate of drug-likeness (QED) is 0.747. The molecule has 1 aromatic carbocycles. The molecule has 1 unspecified atom stereocenters. The second-order valence-corrected chi connectivity index (χ2v) is 3.90. The third-order valence-electron chi connectivity index (χ3n) is 2.59. The molecular formula is C12H18N2O2. The zero-order valence-corrected chi connectivity index (χ0v) is 9.32. The number of anilines is 1. The van der Waals surface area contributed by atoms with Crippen molar-refractivity contribution in [2.24, 2.45) is 0 Å². The molecule has 0 aromatic heterocycles. The van der Waals surface area contributed by atoms with E-state index in [1.807, 2.05) is 24.3 Å². The number of rotatable bonds is 4. The van der Waals surface area contributed by atoms with Gasteiger partial charge in [-0.1, -0.05) is 0 Å². The highest BCUT2D eigenvalue weighted by atomic mass is 16.5. The van der Waals surface area contributed by atoms with Crippen LogP contribution in [0.1, 0.15) is 6.42 Å². The van der Waals surface area contributed by atoms with Crippen LogP contribution in [0.2, 0.25) is 0 Å². The van der Waals surface area contributed by atoms with Gasteiger partial charge in [-0.2, -0.15) is 0 Å². The van der Waals surface area contributed by atoms with Crippen molar-refractivity contribution in [2.45, 2.75) is 12.5 Å². The normalized spacial score (nSPS) is 20.6. The van der Waals surface area contributed by atoms with Gasteiger partial charge in [-0.3, -0.25) is 0 Å². The van der Waals surface area contributed by atoms with Gasteiger partial charge in [0.15, 0.2) is 0 Å². The third kappa shape index (κ3) is 3.40. The molecule has 1 aliphatic rings. The van der Waals surface area contributed by atoms with Crippen LogP contribution in [0.25, 0.3) is 0 Å². The van der Waals surface area contributed by atoms with Crippen LogP contribution in [-0.4, -0.2) is 32.4 Å². The first-order valence-corrected chi connectivity index (χ1v) is 5.65. The van der Waals surface area contributed by atoms with E-state index in [0.717, 1.165) is 37.6 Å². The van der Waals surface area contributed by atoms with Crippen molar-refractivity contribution in [3.05, 3.63) is 24.3 Å². The Morgan fingerprint density at radius 3 is 2.88 bits per heavy atom. The molecule has 0 saturated carbocycles. The number of nitrogens with one attached hydrogen (secondary N) is 1. The van der Waals surface area contributed by atoms with Crippen LogP contribution >= 0.6 is 0 Å². The minimum absolute atomic E-state index is 0.280. The van der Waals surface area contributed by atoms with Gasteiger partial charge < -0.3 is 20.5 Å². The fraction of sp³-hybridized carbons (Fsp3) is 0.500. The molecule has 0 bridgehead atoms. The topological polar surface area (TPSA) is 56.5 Å². The Hall–Kier alpha value is -1.26. The zero-order valence-electron chi connectivity index (χ0n) is 9.32. The molecular weight excluding hydrogens is 204 g/mol. The lowest BCUT2D eigenvalue weighted by Gasteiger charge is -2.23. The van der Waals surface area contributed by atoms with Crippen LogP contribution in [0.15, 0.2) is 24.3 Å². The molecule has 1 atom stereocenters. The van der Waals surface area contributed by atoms with Gasteiger partial charge >= 0.3 is 0 Å². The highest BCUT2D eigenvalue weighted by Gasteiger charge is 2.12. The van der Waals surface area contributed by atoms with Gasteiger partial charge in [-0.25, -0.2) is 0 Å². The molecule has 0 aliphatic carbocycles. The smallest absolute Gasteiger partial charge is 0.119 e. The minimum atomic E-state index is 0.280. The van der Waals surface area contributed by atoms with Gasteiger partial charge in [0, 0.05) is 25.2 Å². The predicted molar refractivity (Wildman–Crippen MR) is 63.6 cm³/mol. The average Bonchev–Trinajstić information content (AvgIpc) is 2.33. The van der Waals surface area contributed by atoms with Crippen LogP contribution in [0.4, 0.5) is 5.69 Å². The summed E-state index contributed by atoms with van der Waals surface area (Å²) in [6.07, 6.45) is 1.19. The molecule has 1 aromatic rings. The highest BCUT2D eigenvalue weighted by molar-refractivity contribution is 5.41. The van der Waals surface area contributed by atoms with Crippen molar-refractivity contribution in [2.75, 3.05) is 32.0 Å². The Morgan fingerprint density at radius 1 is 1.38 bits per heavy atom. The molecule has 3 N–H and O–H groups in total. The van der Waals surface area contributed by atoms with Gasteiger partial charge in [0.05, 0.1) is 19.3 Å². The second-order valence-electron chi connectivity index (χ2n) is 3.90. The van der Waals surface area contributed by atoms with E-state index in [0.29, 0.717) is 6.61 Å². The van der Waals surface area contributed by atoms with E-state index in [9.17, 15) is 0 Å². The largest absolute Gasteiger partial charge is 0.493 e. The summed E-state index contributed by atoms with van der Waals surface area (Å²) in [5.74, 6) is 0.859. The van der Waals surface area contributed by atoms with Gasteiger partial charge in [0.2, 0.25) is 0 Å². The number of nitrogen functional groups attached to an aromatic ring is 1. The first-order valence-electron chi connectivity index (χ1n) is 5.65. The maximum absolute atomic E-state index is 5.60. The van der Waals surface area contributed by atoms with Crippen LogP contribution in [0.3, 0.4) is 0 Å². The second kappa shape index (κ2) is 5.72. The maximum Gasteiger partial charge on any atom is 0.119 e. The minimum Gasteiger partial charge on any atom is -0.493 e. The van der Waals surface area contributed by atoms with Crippen molar-refractivity contribution >= 4 is 5.69 Å². The Kier molecular flexibility index (Phi) is 4.02. The standard InChI is InChI=1S/C12H18N2O2/c13-10-1-3-11(4-2-10)15-7-5-12-9-14-6-8-16-12/h1-4,12,14H,5-9,13H2. The number of nitrogens with two attached hydrogens (primary N) is 1. The highest BCUT2D eigenvalue weighted by Crippen LogP contribution is 2.13. The summed E-state index contributed by atoms with van der Waals surface area (Å²) in [6.45, 7) is 3.35. The van der Waals surface area contributed by atoms with Crippen molar-refractivity contribution in [3.63, 3.8) is 0 Å². The Labute approximate surface area is 95.7 Å². The van der Waals surface area contributed by atoms with Crippen molar-refractivity contribution < 1.29 is 9.47 Å². The monoisotopic (exact) mass is 222 g/mol. The molecule has 0 spiro atoms. The number of hydrogen-bond acceptors (Lipinski definition) is 4. The summed E-state index contributed by atoms with van der Waals surface area (Å²) in [5, 5.41) is 3.29. The van der Waals surface area contributed by atoms with Gasteiger partial charge in [-0.05, 0) is 24.3 Å². The SMILES string of the molecule is Nc1ccc(OCCC2CNCCO2)cc1. The fourth-order valence-electron chi connectivity index (χ4n) is 1.68. The molecule has 1 aliphatic heterocycles. The molecule has 0 radical (unpaired) electrons. The number of hydrogen-bond donors (Lipinski definition) is 2. The fourth-order valence-corrected chi connectivity index (χ4v) is 1.68. The lowest BCUT2D eigenvalue weighted by atomic mass is 10.2. The molecule has 4 nitrogen and oxygen atoms in total. The number of benzene rings is 1. The van der Waals surface area contributed by atoms with E-state index in [4.69, 9.17) is 15.2 Å². The maximum atomic E-state index is 5.60. The summed E-state index contributed by atoms with van der Waals surface area (Å²) in [7, 11) is 0. The third-order valence-corrected chi connectivity index (χ3v) is 2.59. The molecule has 16 heavy (non-hydrogen) atoms. The Bertz CT molecular complexity index is 307. The van der Waals surface area contributed by atoms with E-state index in [-0.39, 0.29) is 6.10 Å². The van der Waals surface area contributed by atoms with Crippen LogP contribution < -0.4 is 15.8 Å². The predicted octanol–water partition coefficient (Wildman–Crippen LogP) is 1.03. The first-order chi connectivity index (χ1) is 7.84.